The van der Waals surface area contributed by atoms with Gasteiger partial charge in [-0.2, -0.15) is 0 Å². The summed E-state index contributed by atoms with van der Waals surface area (Å²) < 4.78 is 19.1. The normalized spacial score (nSPS) is 17.2. The van der Waals surface area contributed by atoms with E-state index in [1.165, 1.54) is 51.3 Å². The van der Waals surface area contributed by atoms with Crippen LogP contribution in [0.3, 0.4) is 0 Å². The molecule has 3 aromatic rings. The maximum atomic E-state index is 14.1. The summed E-state index contributed by atoms with van der Waals surface area (Å²) in [7, 11) is 1.48. The number of carbonyl (C=O) groups is 1. The number of fused-ring (bicyclic) bond motifs is 1. The Kier molecular flexibility index (Phi) is 7.13. The summed E-state index contributed by atoms with van der Waals surface area (Å²) in [5, 5.41) is 3.74. The van der Waals surface area contributed by atoms with E-state index in [9.17, 15) is 9.18 Å². The van der Waals surface area contributed by atoms with Crippen LogP contribution in [0.2, 0.25) is 0 Å². The lowest BCUT2D eigenvalue weighted by molar-refractivity contribution is -0.111. The van der Waals surface area contributed by atoms with Gasteiger partial charge in [0.2, 0.25) is 11.9 Å². The van der Waals surface area contributed by atoms with E-state index >= 15 is 0 Å². The number of likely N-dealkylation sites (tertiary alicyclic amines) is 1. The number of nitrogens with one attached hydrogen (secondary N) is 1. The van der Waals surface area contributed by atoms with E-state index < -0.39 is 5.82 Å². The van der Waals surface area contributed by atoms with Gasteiger partial charge in [-0.3, -0.25) is 4.79 Å². The second-order valence-electron chi connectivity index (χ2n) is 9.51. The molecule has 5 rings (SSSR count). The highest BCUT2D eigenvalue weighted by molar-refractivity contribution is 6.03. The van der Waals surface area contributed by atoms with Crippen LogP contribution in [0.15, 0.2) is 42.5 Å². The molecule has 1 N–H and O–H groups in total. The maximum Gasteiger partial charge on any atom is 0.248 e. The first-order valence-corrected chi connectivity index (χ1v) is 12.6. The summed E-state index contributed by atoms with van der Waals surface area (Å²) in [5.41, 5.74) is 2.68. The molecule has 0 atom stereocenters. The number of piperidine rings is 1. The van der Waals surface area contributed by atoms with Gasteiger partial charge in [0.25, 0.3) is 0 Å². The number of carbonyl (C=O) groups excluding carboxylic acids is 1. The number of nitrogens with zero attached hydrogens (tertiary/aromatic N) is 4. The minimum atomic E-state index is -0.451. The topological polar surface area (TPSA) is 70.6 Å². The zero-order valence-corrected chi connectivity index (χ0v) is 20.8. The number of methoxy groups -OCH3 is 1. The molecule has 8 heteroatoms. The van der Waals surface area contributed by atoms with Gasteiger partial charge in [-0.15, -0.1) is 0 Å². The summed E-state index contributed by atoms with van der Waals surface area (Å²) >= 11 is 0. The number of anilines is 2. The van der Waals surface area contributed by atoms with Gasteiger partial charge < -0.3 is 19.9 Å². The van der Waals surface area contributed by atoms with Crippen molar-refractivity contribution in [3.05, 3.63) is 59.5 Å². The first-order chi connectivity index (χ1) is 17.5. The highest BCUT2D eigenvalue weighted by atomic mass is 19.1. The van der Waals surface area contributed by atoms with E-state index in [0.29, 0.717) is 23.0 Å². The molecule has 0 unspecified atom stereocenters. The minimum absolute atomic E-state index is 0.311. The van der Waals surface area contributed by atoms with Crippen LogP contribution in [0.5, 0.6) is 5.75 Å². The second kappa shape index (κ2) is 10.6. The Morgan fingerprint density at radius 3 is 2.58 bits per heavy atom. The van der Waals surface area contributed by atoms with Crippen molar-refractivity contribution in [2.45, 2.75) is 38.6 Å². The fraction of sp³-hybridized carbons (Fsp3) is 0.393. The predicted molar refractivity (Wildman–Crippen MR) is 141 cm³/mol. The van der Waals surface area contributed by atoms with Crippen molar-refractivity contribution in [2.24, 2.45) is 0 Å². The van der Waals surface area contributed by atoms with Crippen LogP contribution in [-0.4, -0.2) is 60.1 Å². The zero-order valence-electron chi connectivity index (χ0n) is 20.8. The van der Waals surface area contributed by atoms with Crippen LogP contribution in [0.25, 0.3) is 17.0 Å². The van der Waals surface area contributed by atoms with Gasteiger partial charge in [-0.05, 0) is 82.1 Å². The predicted octanol–water partition coefficient (Wildman–Crippen LogP) is 4.80. The molecule has 2 fully saturated rings. The van der Waals surface area contributed by atoms with E-state index in [1.54, 1.807) is 12.1 Å². The van der Waals surface area contributed by atoms with Gasteiger partial charge in [-0.1, -0.05) is 0 Å². The van der Waals surface area contributed by atoms with Gasteiger partial charge in [0.15, 0.2) is 0 Å². The van der Waals surface area contributed by atoms with E-state index in [2.05, 4.69) is 15.1 Å². The van der Waals surface area contributed by atoms with E-state index in [0.717, 1.165) is 48.5 Å². The van der Waals surface area contributed by atoms with E-state index in [-0.39, 0.29) is 5.91 Å². The Hall–Kier alpha value is -3.52. The number of hydrogen-bond acceptors (Lipinski definition) is 6. The molecule has 2 aliphatic heterocycles. The molecule has 7 nitrogen and oxygen atoms in total. The number of aryl methyl sites for hydroxylation is 1. The van der Waals surface area contributed by atoms with Gasteiger partial charge in [0.05, 0.1) is 18.3 Å². The average molecular weight is 490 g/mol. The molecule has 2 aliphatic rings. The van der Waals surface area contributed by atoms with Crippen molar-refractivity contribution >= 4 is 34.5 Å². The Balaban J connectivity index is 1.25. The van der Waals surface area contributed by atoms with Crippen LogP contribution in [0, 0.1) is 12.7 Å². The zero-order chi connectivity index (χ0) is 25.1. The molecular formula is C28H32FN5O2. The van der Waals surface area contributed by atoms with E-state index in [4.69, 9.17) is 14.7 Å². The van der Waals surface area contributed by atoms with Crippen LogP contribution >= 0.6 is 0 Å². The third-order valence-electron chi connectivity index (χ3n) is 7.17. The van der Waals surface area contributed by atoms with Gasteiger partial charge in [0.1, 0.15) is 11.6 Å². The van der Waals surface area contributed by atoms with Crippen LogP contribution < -0.4 is 15.0 Å². The number of ether oxygens (including phenoxy) is 1. The third kappa shape index (κ3) is 5.33. The largest absolute Gasteiger partial charge is 0.497 e. The quantitative estimate of drug-likeness (QED) is 0.502. The number of halogens is 1. The Morgan fingerprint density at radius 2 is 1.86 bits per heavy atom. The standard InChI is InChI=1S/C28H32FN5O2/c1-19-24-17-21(31-27(35)10-6-20-5-8-23(36-2)18-25(20)29)7-9-26(24)32-28(30-19)34-15-11-22(12-16-34)33-13-3-4-14-33/h5-10,17-18,22H,3-4,11-16H2,1-2H3,(H,31,35). The molecule has 1 amide bonds. The Bertz CT molecular complexity index is 1280. The lowest BCUT2D eigenvalue weighted by atomic mass is 10.0. The molecular weight excluding hydrogens is 457 g/mol. The van der Waals surface area contributed by atoms with Crippen molar-refractivity contribution in [3.63, 3.8) is 0 Å². The molecule has 36 heavy (non-hydrogen) atoms. The van der Waals surface area contributed by atoms with Crippen molar-refractivity contribution < 1.29 is 13.9 Å². The van der Waals surface area contributed by atoms with Crippen molar-refractivity contribution in [3.8, 4) is 5.75 Å². The van der Waals surface area contributed by atoms with Gasteiger partial charge >= 0.3 is 0 Å². The monoisotopic (exact) mass is 489 g/mol. The third-order valence-corrected chi connectivity index (χ3v) is 7.17. The molecule has 188 valence electrons. The van der Waals surface area contributed by atoms with Crippen LogP contribution in [-0.2, 0) is 4.79 Å². The molecule has 1 aromatic heterocycles. The van der Waals surface area contributed by atoms with Gasteiger partial charge in [0, 0.05) is 47.9 Å². The summed E-state index contributed by atoms with van der Waals surface area (Å²) in [6, 6.07) is 10.8. The number of amides is 1. The summed E-state index contributed by atoms with van der Waals surface area (Å²) in [6.07, 6.45) is 7.71. The lowest BCUT2D eigenvalue weighted by Crippen LogP contribution is -2.44. The average Bonchev–Trinajstić information content (AvgIpc) is 3.43. The minimum Gasteiger partial charge on any atom is -0.497 e. The summed E-state index contributed by atoms with van der Waals surface area (Å²) in [4.78, 5) is 27.0. The van der Waals surface area contributed by atoms with Crippen molar-refractivity contribution in [2.75, 3.05) is 43.5 Å². The molecule has 0 spiro atoms. The fourth-order valence-corrected chi connectivity index (χ4v) is 5.14. The summed E-state index contributed by atoms with van der Waals surface area (Å²) in [5.74, 6) is 0.410. The highest BCUT2D eigenvalue weighted by Crippen LogP contribution is 2.27. The summed E-state index contributed by atoms with van der Waals surface area (Å²) in [6.45, 7) is 6.40. The molecule has 2 saturated heterocycles. The molecule has 2 aromatic carbocycles. The van der Waals surface area contributed by atoms with Crippen molar-refractivity contribution in [1.82, 2.24) is 14.9 Å². The number of hydrogen-bond donors (Lipinski definition) is 1. The SMILES string of the molecule is COc1ccc(C=CC(=O)Nc2ccc3nc(N4CCC(N5CCCC5)CC4)nc(C)c3c2)c(F)c1. The highest BCUT2D eigenvalue weighted by Gasteiger charge is 2.27. The first kappa shape index (κ1) is 24.2. The second-order valence-corrected chi connectivity index (χ2v) is 9.51. The van der Waals surface area contributed by atoms with E-state index in [1.807, 2.05) is 25.1 Å². The van der Waals surface area contributed by atoms with Crippen molar-refractivity contribution in [1.29, 1.82) is 0 Å². The van der Waals surface area contributed by atoms with Gasteiger partial charge in [-0.25, -0.2) is 14.4 Å². The maximum absolute atomic E-state index is 14.1. The molecule has 0 bridgehead atoms. The van der Waals surface area contributed by atoms with Crippen LogP contribution in [0.1, 0.15) is 36.9 Å². The smallest absolute Gasteiger partial charge is 0.248 e. The Morgan fingerprint density at radius 1 is 1.08 bits per heavy atom. The number of aromatic nitrogens is 2. The van der Waals surface area contributed by atoms with Crippen LogP contribution in [0.4, 0.5) is 16.0 Å². The lowest BCUT2D eigenvalue weighted by Gasteiger charge is -2.36. The number of benzene rings is 2. The first-order valence-electron chi connectivity index (χ1n) is 12.6. The molecule has 3 heterocycles. The molecule has 0 aliphatic carbocycles. The fourth-order valence-electron chi connectivity index (χ4n) is 5.14. The molecule has 0 saturated carbocycles. The Labute approximate surface area is 211 Å². The number of rotatable bonds is 6. The molecule has 0 radical (unpaired) electrons.